The molecule has 6 saturated heterocycles. The van der Waals surface area contributed by atoms with Gasteiger partial charge >= 0.3 is 0 Å². The smallest absolute Gasteiger partial charge is 0.262 e. The largest absolute Gasteiger partial charge is 0.490 e. The number of hydrogen-bond donors (Lipinski definition) is 5. The van der Waals surface area contributed by atoms with Crippen LogP contribution in [-0.4, -0.2) is 284 Å². The van der Waals surface area contributed by atoms with Crippen molar-refractivity contribution in [2.24, 2.45) is 33.5 Å². The summed E-state index contributed by atoms with van der Waals surface area (Å²) in [5, 5.41) is 33.4. The number of methoxy groups -OCH3 is 2. The number of carbonyl (C=O) groups is 10. The van der Waals surface area contributed by atoms with E-state index in [0.717, 1.165) is 108 Å². The van der Waals surface area contributed by atoms with Crippen molar-refractivity contribution < 1.29 is 99.0 Å². The first-order valence-electron chi connectivity index (χ1n) is 46.3. The van der Waals surface area contributed by atoms with Crippen LogP contribution >= 0.6 is 23.2 Å². The van der Waals surface area contributed by atoms with Crippen LogP contribution in [0.15, 0.2) is 85.2 Å². The van der Waals surface area contributed by atoms with Crippen molar-refractivity contribution in [1.29, 1.82) is 10.5 Å². The summed E-state index contributed by atoms with van der Waals surface area (Å²) < 4.78 is 88.7. The van der Waals surface area contributed by atoms with Gasteiger partial charge in [0.2, 0.25) is 23.6 Å². The van der Waals surface area contributed by atoms with Crippen LogP contribution in [0.2, 0.25) is 10.0 Å². The first-order chi connectivity index (χ1) is 65.4. The molecule has 6 aromatic rings. The lowest BCUT2D eigenvalue weighted by Crippen LogP contribution is -2.74. The minimum absolute atomic E-state index is 0.00180. The highest BCUT2D eigenvalue weighted by atomic mass is 35.5. The van der Waals surface area contributed by atoms with E-state index in [2.05, 4.69) is 80.7 Å². The van der Waals surface area contributed by atoms with E-state index in [4.69, 9.17) is 71.1 Å². The number of fused-ring (bicyclic) bond motifs is 2. The number of aromatic nitrogens is 2. The Balaban J connectivity index is 0.000000187. The number of anilines is 3. The van der Waals surface area contributed by atoms with Crippen molar-refractivity contribution >= 4 is 99.6 Å². The van der Waals surface area contributed by atoms with E-state index in [1.54, 1.807) is 63.0 Å². The van der Waals surface area contributed by atoms with Crippen LogP contribution in [0.5, 0.6) is 23.0 Å². The normalized spacial score (nSPS) is 22.4. The highest BCUT2D eigenvalue weighted by Crippen LogP contribution is 2.57. The molecule has 137 heavy (non-hydrogen) atoms. The molecular formula is C98H117Cl2F3N16O18. The van der Waals surface area contributed by atoms with Gasteiger partial charge in [-0.3, -0.25) is 73.3 Å². The second kappa shape index (κ2) is 43.6. The fourth-order valence-electron chi connectivity index (χ4n) is 21.0. The van der Waals surface area contributed by atoms with Gasteiger partial charge in [-0.05, 0) is 98.9 Å². The molecule has 0 radical (unpaired) electrons. The van der Waals surface area contributed by atoms with Gasteiger partial charge in [0.15, 0.2) is 11.6 Å². The van der Waals surface area contributed by atoms with Gasteiger partial charge in [-0.2, -0.15) is 10.5 Å². The molecule has 10 amide bonds. The van der Waals surface area contributed by atoms with Crippen LogP contribution in [0, 0.1) is 73.6 Å². The molecule has 2 unspecified atom stereocenters. The van der Waals surface area contributed by atoms with Gasteiger partial charge in [0, 0.05) is 189 Å². The average molecular weight is 1940 g/mol. The molecular weight excluding hydrogens is 1820 g/mol. The van der Waals surface area contributed by atoms with Crippen LogP contribution < -0.4 is 60.2 Å². The third kappa shape index (κ3) is 22.4. The molecule has 5 N–H and O–H groups in total. The lowest BCUT2D eigenvalue weighted by Gasteiger charge is -2.63. The molecule has 0 bridgehead atoms. The summed E-state index contributed by atoms with van der Waals surface area (Å²) in [7, 11) is 3.24. The lowest BCUT2D eigenvalue weighted by atomic mass is 9.49. The Morgan fingerprint density at radius 3 is 1.21 bits per heavy atom. The predicted molar refractivity (Wildman–Crippen MR) is 498 cm³/mol. The van der Waals surface area contributed by atoms with Gasteiger partial charge in [-0.1, -0.05) is 78.6 Å². The van der Waals surface area contributed by atoms with Crippen molar-refractivity contribution in [3.05, 3.63) is 157 Å². The maximum atomic E-state index is 15.6. The monoisotopic (exact) mass is 1930 g/mol. The summed E-state index contributed by atoms with van der Waals surface area (Å²) in [6.07, 6.45) is 6.78. The molecule has 2 saturated carbocycles. The SMILES string of the molecule is COCCOCCOc1cc(N2CCC(CN3CCN(c4cc5c(cc4F)C(=O)N(C4CCC(=O)NC4=O)C5=O)CC3)CC2)ncc1C(=O)NC1C(C)(C)C(Oc2ccc(C#N)c(Cl)c2)C1(C)C.COCCOCCOc1cc(N2CCC(CN3CCNCC3)CC2)ncc1C(=O)NC1C(C)(C)C(Oc2ccc(C#N)c(Cl)c2)C1(C)C.O=C1CCC(N2C(=O)c3cc(F)c(F)cc3C2=O)C(=O)N1. The Bertz CT molecular complexity index is 5580. The number of ether oxygens (including phenoxy) is 8. The van der Waals surface area contributed by atoms with Crippen molar-refractivity contribution in [3.8, 4) is 35.1 Å². The number of nitriles is 2. The van der Waals surface area contributed by atoms with E-state index < -0.39 is 98.5 Å². The summed E-state index contributed by atoms with van der Waals surface area (Å²) in [4.78, 5) is 148. The van der Waals surface area contributed by atoms with Crippen molar-refractivity contribution in [2.45, 2.75) is 143 Å². The third-order valence-electron chi connectivity index (χ3n) is 27.7. The zero-order valence-electron chi connectivity index (χ0n) is 78.6. The molecule has 16 rings (SSSR count). The number of carbonyl (C=O) groups excluding carboxylic acids is 10. The lowest BCUT2D eigenvalue weighted by molar-refractivity contribution is -0.164. The van der Waals surface area contributed by atoms with E-state index in [1.165, 1.54) is 6.07 Å². The fourth-order valence-corrected chi connectivity index (χ4v) is 21.4. The van der Waals surface area contributed by atoms with E-state index >= 15 is 4.39 Å². The molecule has 8 fully saturated rings. The summed E-state index contributed by atoms with van der Waals surface area (Å²) in [6, 6.07) is 19.0. The van der Waals surface area contributed by atoms with E-state index in [0.29, 0.717) is 162 Å². The molecule has 8 aliphatic heterocycles. The molecule has 2 aliphatic carbocycles. The van der Waals surface area contributed by atoms with Crippen LogP contribution in [0.3, 0.4) is 0 Å². The molecule has 39 heteroatoms. The second-order valence-corrected chi connectivity index (χ2v) is 39.2. The Labute approximate surface area is 803 Å². The maximum absolute atomic E-state index is 15.6. The quantitative estimate of drug-likeness (QED) is 0.0200. The van der Waals surface area contributed by atoms with Gasteiger partial charge in [0.1, 0.15) is 90.1 Å². The Morgan fingerprint density at radius 1 is 0.467 bits per heavy atom. The minimum Gasteiger partial charge on any atom is -0.490 e. The van der Waals surface area contributed by atoms with Crippen LogP contribution in [0.1, 0.15) is 180 Å². The Kier molecular flexibility index (Phi) is 32.2. The van der Waals surface area contributed by atoms with E-state index in [-0.39, 0.29) is 96.3 Å². The van der Waals surface area contributed by atoms with E-state index in [1.807, 2.05) is 50.0 Å². The second-order valence-electron chi connectivity index (χ2n) is 38.3. The molecule has 10 heterocycles. The topological polar surface area (TPSA) is 401 Å². The number of piperazine rings is 2. The molecule has 2 atom stereocenters. The van der Waals surface area contributed by atoms with Crippen molar-refractivity contribution in [1.82, 2.24) is 56.2 Å². The summed E-state index contributed by atoms with van der Waals surface area (Å²) in [5.41, 5.74) is -0.666. The van der Waals surface area contributed by atoms with Crippen molar-refractivity contribution in [2.75, 3.05) is 173 Å². The summed E-state index contributed by atoms with van der Waals surface area (Å²) in [5.74, 6) is -4.61. The van der Waals surface area contributed by atoms with Gasteiger partial charge in [-0.15, -0.1) is 0 Å². The molecule has 2 aromatic heterocycles. The summed E-state index contributed by atoms with van der Waals surface area (Å²) in [6.45, 7) is 31.7. The highest BCUT2D eigenvalue weighted by molar-refractivity contribution is 6.32. The average Bonchev–Trinajstić information content (AvgIpc) is 1.62. The minimum atomic E-state index is -1.25. The molecule has 0 spiro atoms. The number of piperidine rings is 4. The zero-order valence-corrected chi connectivity index (χ0v) is 80.1. The number of halogens is 5. The number of hydrogen-bond acceptors (Lipinski definition) is 28. The molecule has 34 nitrogen and oxygen atoms in total. The number of pyridine rings is 2. The highest BCUT2D eigenvalue weighted by Gasteiger charge is 2.66. The van der Waals surface area contributed by atoms with Crippen LogP contribution in [-0.2, 0) is 38.1 Å². The predicted octanol–water partition coefficient (Wildman–Crippen LogP) is 9.59. The molecule has 10 aliphatic rings. The maximum Gasteiger partial charge on any atom is 0.262 e. The molecule has 732 valence electrons. The fraction of sp³-hybridized carbons (Fsp3) is 0.531. The summed E-state index contributed by atoms with van der Waals surface area (Å²) >= 11 is 12.6. The van der Waals surface area contributed by atoms with Gasteiger partial charge in [0.25, 0.3) is 35.4 Å². The number of imide groups is 4. The number of benzene rings is 4. The first kappa shape index (κ1) is 101. The van der Waals surface area contributed by atoms with Gasteiger partial charge < -0.3 is 73.4 Å². The number of nitrogens with zero attached hydrogens (tertiary/aromatic N) is 11. The first-order valence-corrected chi connectivity index (χ1v) is 47.1. The zero-order chi connectivity index (χ0) is 98.1. The Morgan fingerprint density at radius 2 is 0.839 bits per heavy atom. The molecule has 4 aromatic carbocycles. The van der Waals surface area contributed by atoms with Crippen LogP contribution in [0.4, 0.5) is 30.5 Å². The van der Waals surface area contributed by atoms with Gasteiger partial charge in [-0.25, -0.2) is 23.1 Å². The van der Waals surface area contributed by atoms with Crippen LogP contribution in [0.25, 0.3) is 0 Å². The number of amides is 10. The Hall–Kier alpha value is -11.7. The van der Waals surface area contributed by atoms with Crippen molar-refractivity contribution in [3.63, 3.8) is 0 Å². The van der Waals surface area contributed by atoms with E-state index in [9.17, 15) is 67.2 Å². The number of nitrogens with one attached hydrogen (secondary N) is 5. The third-order valence-corrected chi connectivity index (χ3v) is 28.3. The van der Waals surface area contributed by atoms with Gasteiger partial charge in [0.05, 0.1) is 99.9 Å². The standard InChI is InChI=1S/C49H58ClFN8O9.C36H51ClN6O5.C13H8F2N2O4/c1-48(2)46(49(3,4)47(48)68-31-7-6-30(26-52)35(50)22-31)55-42(61)34-27-53-40(25-39(34)67-21-20-66-19-18-65-5)58-12-10-29(11-13-58)28-56-14-16-57(17-15-56)38-24-33-32(23-36(38)51)44(63)59(45(33)64)37-8-9-41(60)54-43(37)62;1-35(2)33(36(3,4)34(35)48-27-7-6-26(22-38)29(37)20-27)41-32(44)28-23-40-31(21-30(28)47-19-18-46-17-16-45-5)43-12-8-25(9-13-43)24-42-14-10-39-11-15-42;14-7-3-5-6(4-8(7)15)13(21)17(12(5)20)9-1-2-10(18)16-11(9)19/h6-7,22-25,27,29,37,46-47H,8-21,28H2,1-5H3,(H,55,61)(H,54,60,62);6-7,20-21,23,25,33-34,39H,8-19,24H2,1-5H3,(H,41,44);3-4,9H,1-2H2,(H,16,18,19). The number of rotatable bonds is 31.